The molecule has 4 rings (SSSR count). The van der Waals surface area contributed by atoms with Crippen molar-refractivity contribution >= 4 is 11.8 Å². The van der Waals surface area contributed by atoms with Gasteiger partial charge >= 0.3 is 6.18 Å². The van der Waals surface area contributed by atoms with Crippen molar-refractivity contribution in [3.63, 3.8) is 0 Å². The average Bonchev–Trinajstić information content (AvgIpc) is 3.62. The van der Waals surface area contributed by atoms with E-state index in [2.05, 4.69) is 16.0 Å². The third-order valence-corrected chi connectivity index (χ3v) is 6.09. The summed E-state index contributed by atoms with van der Waals surface area (Å²) in [4.78, 5) is 25.3. The van der Waals surface area contributed by atoms with E-state index in [1.165, 1.54) is 31.4 Å². The second kappa shape index (κ2) is 9.61. The van der Waals surface area contributed by atoms with Crippen molar-refractivity contribution in [2.24, 2.45) is 5.92 Å². The predicted molar refractivity (Wildman–Crippen MR) is 115 cm³/mol. The number of methoxy groups -OCH3 is 1. The van der Waals surface area contributed by atoms with Crippen LogP contribution in [-0.2, 0) is 22.2 Å². The van der Waals surface area contributed by atoms with Gasteiger partial charge in [-0.15, -0.1) is 0 Å². The van der Waals surface area contributed by atoms with E-state index < -0.39 is 41.7 Å². The molecule has 0 aromatic heterocycles. The molecule has 2 aromatic carbocycles. The lowest BCUT2D eigenvalue weighted by Crippen LogP contribution is -2.61. The van der Waals surface area contributed by atoms with E-state index in [4.69, 9.17) is 4.74 Å². The second-order valence-corrected chi connectivity index (χ2v) is 8.66. The molecular formula is C24H25F4N3O3. The quantitative estimate of drug-likeness (QED) is 0.532. The fourth-order valence-electron chi connectivity index (χ4n) is 4.17. The maximum atomic E-state index is 14.0. The van der Waals surface area contributed by atoms with Crippen LogP contribution in [0.4, 0.5) is 17.6 Å². The van der Waals surface area contributed by atoms with Gasteiger partial charge in [-0.2, -0.15) is 13.2 Å². The summed E-state index contributed by atoms with van der Waals surface area (Å²) in [5, 5.41) is 8.74. The molecule has 2 aromatic rings. The van der Waals surface area contributed by atoms with E-state index in [9.17, 15) is 27.2 Å². The Labute approximate surface area is 194 Å². The minimum atomic E-state index is -4.43. The number of hydrogen-bond acceptors (Lipinski definition) is 4. The van der Waals surface area contributed by atoms with Gasteiger partial charge in [-0.05, 0) is 54.2 Å². The van der Waals surface area contributed by atoms with Crippen molar-refractivity contribution in [2.75, 3.05) is 7.11 Å². The van der Waals surface area contributed by atoms with Crippen LogP contribution in [0.25, 0.3) is 0 Å². The Morgan fingerprint density at radius 2 is 1.88 bits per heavy atom. The van der Waals surface area contributed by atoms with E-state index >= 15 is 0 Å². The molecule has 2 unspecified atom stereocenters. The third-order valence-electron chi connectivity index (χ3n) is 6.09. The summed E-state index contributed by atoms with van der Waals surface area (Å²) in [6.07, 6.45) is -3.13. The molecule has 6 nitrogen and oxygen atoms in total. The summed E-state index contributed by atoms with van der Waals surface area (Å²) < 4.78 is 57.6. The zero-order valence-corrected chi connectivity index (χ0v) is 18.4. The molecule has 3 atom stereocenters. The normalized spacial score (nSPS) is 21.5. The molecule has 0 bridgehead atoms. The minimum absolute atomic E-state index is 0.0797. The molecule has 182 valence electrons. The number of amides is 2. The lowest BCUT2D eigenvalue weighted by molar-refractivity contribution is -0.137. The van der Waals surface area contributed by atoms with Crippen molar-refractivity contribution in [1.82, 2.24) is 16.0 Å². The topological polar surface area (TPSA) is 79.5 Å². The summed E-state index contributed by atoms with van der Waals surface area (Å²) in [5.74, 6) is -1.01. The van der Waals surface area contributed by atoms with E-state index in [0.29, 0.717) is 11.1 Å². The summed E-state index contributed by atoms with van der Waals surface area (Å²) in [6, 6.07) is 8.00. The van der Waals surface area contributed by atoms with Crippen LogP contribution in [0.2, 0.25) is 0 Å². The Bertz CT molecular complexity index is 1050. The molecule has 10 heteroatoms. The van der Waals surface area contributed by atoms with Gasteiger partial charge in [-0.1, -0.05) is 18.2 Å². The highest BCUT2D eigenvalue weighted by molar-refractivity contribution is 5.89. The summed E-state index contributed by atoms with van der Waals surface area (Å²) >= 11 is 0. The molecule has 2 fully saturated rings. The van der Waals surface area contributed by atoms with Crippen molar-refractivity contribution in [1.29, 1.82) is 0 Å². The Morgan fingerprint density at radius 3 is 2.47 bits per heavy atom. The SMILES string of the molecule is COc1ccc(CC2NC(=O)CC(C(=O)N[C@@H](c3ccc(C(F)(F)F)cc3)C3CC3)N2)cc1F. The van der Waals surface area contributed by atoms with E-state index in [-0.39, 0.29) is 30.4 Å². The molecule has 1 saturated carbocycles. The zero-order chi connectivity index (χ0) is 24.5. The first-order chi connectivity index (χ1) is 16.1. The minimum Gasteiger partial charge on any atom is -0.494 e. The standard InChI is InChI=1S/C24H25F4N3O3/c1-34-19-9-2-13(10-17(19)25)11-20-29-18(12-21(32)30-20)23(33)31-22(14-3-4-14)15-5-7-16(8-6-15)24(26,27)28/h2,5-10,14,18,20,22,29H,3-4,11-12H2,1H3,(H,30,32)(H,31,33)/t18?,20?,22-/m1/s1. The highest BCUT2D eigenvalue weighted by atomic mass is 19.4. The number of carbonyl (C=O) groups is 2. The van der Waals surface area contributed by atoms with Crippen LogP contribution >= 0.6 is 0 Å². The van der Waals surface area contributed by atoms with Crippen molar-refractivity contribution in [3.05, 3.63) is 65.0 Å². The van der Waals surface area contributed by atoms with Gasteiger partial charge in [-0.25, -0.2) is 4.39 Å². The van der Waals surface area contributed by atoms with Crippen LogP contribution in [0.15, 0.2) is 42.5 Å². The van der Waals surface area contributed by atoms with Crippen LogP contribution in [0.5, 0.6) is 5.75 Å². The fourth-order valence-corrected chi connectivity index (χ4v) is 4.17. The highest BCUT2D eigenvalue weighted by Crippen LogP contribution is 2.41. The number of hydrogen-bond donors (Lipinski definition) is 3. The monoisotopic (exact) mass is 479 g/mol. The van der Waals surface area contributed by atoms with Crippen molar-refractivity contribution in [3.8, 4) is 5.75 Å². The van der Waals surface area contributed by atoms with E-state index in [1.807, 2.05) is 0 Å². The molecule has 1 aliphatic carbocycles. The second-order valence-electron chi connectivity index (χ2n) is 8.66. The lowest BCUT2D eigenvalue weighted by Gasteiger charge is -2.32. The Balaban J connectivity index is 1.42. The van der Waals surface area contributed by atoms with E-state index in [1.54, 1.807) is 6.07 Å². The molecule has 2 aliphatic rings. The first kappa shape index (κ1) is 24.0. The molecule has 1 heterocycles. The number of rotatable bonds is 7. The van der Waals surface area contributed by atoms with Crippen LogP contribution < -0.4 is 20.7 Å². The van der Waals surface area contributed by atoms with Crippen LogP contribution in [-0.4, -0.2) is 31.1 Å². The number of halogens is 4. The Kier molecular flexibility index (Phi) is 6.79. The van der Waals surface area contributed by atoms with Gasteiger partial charge in [0.1, 0.15) is 0 Å². The van der Waals surface area contributed by atoms with Crippen LogP contribution in [0.3, 0.4) is 0 Å². The highest BCUT2D eigenvalue weighted by Gasteiger charge is 2.38. The van der Waals surface area contributed by atoms with Gasteiger partial charge in [0, 0.05) is 6.42 Å². The predicted octanol–water partition coefficient (Wildman–Crippen LogP) is 3.47. The van der Waals surface area contributed by atoms with Crippen LogP contribution in [0.1, 0.15) is 42.0 Å². The molecule has 1 saturated heterocycles. The molecule has 3 N–H and O–H groups in total. The van der Waals surface area contributed by atoms with Gasteiger partial charge < -0.3 is 15.4 Å². The molecule has 34 heavy (non-hydrogen) atoms. The summed E-state index contributed by atoms with van der Waals surface area (Å²) in [7, 11) is 1.36. The summed E-state index contributed by atoms with van der Waals surface area (Å²) in [6.45, 7) is 0. The number of ether oxygens (including phenoxy) is 1. The maximum Gasteiger partial charge on any atom is 0.416 e. The van der Waals surface area contributed by atoms with Gasteiger partial charge in [0.15, 0.2) is 11.6 Å². The number of nitrogens with one attached hydrogen (secondary N) is 3. The zero-order valence-electron chi connectivity index (χ0n) is 18.4. The first-order valence-corrected chi connectivity index (χ1v) is 11.0. The largest absolute Gasteiger partial charge is 0.494 e. The first-order valence-electron chi connectivity index (χ1n) is 11.0. The van der Waals surface area contributed by atoms with Crippen LogP contribution in [0, 0.1) is 11.7 Å². The Hall–Kier alpha value is -3.14. The van der Waals surface area contributed by atoms with Gasteiger partial charge in [0.25, 0.3) is 0 Å². The maximum absolute atomic E-state index is 14.0. The van der Waals surface area contributed by atoms with Crippen molar-refractivity contribution in [2.45, 2.75) is 50.1 Å². The van der Waals surface area contributed by atoms with Gasteiger partial charge in [0.2, 0.25) is 11.8 Å². The number of carbonyl (C=O) groups excluding carboxylic acids is 2. The van der Waals surface area contributed by atoms with E-state index in [0.717, 1.165) is 25.0 Å². The molecule has 0 radical (unpaired) electrons. The number of alkyl halides is 3. The smallest absolute Gasteiger partial charge is 0.416 e. The van der Waals surface area contributed by atoms with Gasteiger partial charge in [0.05, 0.1) is 37.3 Å². The molecule has 0 spiro atoms. The fraction of sp³-hybridized carbons (Fsp3) is 0.417. The average molecular weight is 479 g/mol. The number of benzene rings is 2. The molecule has 1 aliphatic heterocycles. The Morgan fingerprint density at radius 1 is 1.18 bits per heavy atom. The molecular weight excluding hydrogens is 454 g/mol. The lowest BCUT2D eigenvalue weighted by atomic mass is 9.99. The summed E-state index contributed by atoms with van der Waals surface area (Å²) in [5.41, 5.74) is 0.452. The third kappa shape index (κ3) is 5.67. The van der Waals surface area contributed by atoms with Crippen molar-refractivity contribution < 1.29 is 31.9 Å². The molecule has 2 amide bonds. The van der Waals surface area contributed by atoms with Gasteiger partial charge in [-0.3, -0.25) is 14.9 Å².